The number of benzene rings is 1. The van der Waals surface area contributed by atoms with E-state index in [1.165, 1.54) is 27.6 Å². The third-order valence-corrected chi connectivity index (χ3v) is 5.97. The van der Waals surface area contributed by atoms with Crippen molar-refractivity contribution >= 4 is 39.5 Å². The summed E-state index contributed by atoms with van der Waals surface area (Å²) >= 11 is 2.54. The van der Waals surface area contributed by atoms with Gasteiger partial charge >= 0.3 is 0 Å². The highest BCUT2D eigenvalue weighted by atomic mass is 32.1. The molecule has 2 aromatic heterocycles. The van der Waals surface area contributed by atoms with Gasteiger partial charge in [0.05, 0.1) is 23.1 Å². The van der Waals surface area contributed by atoms with Crippen molar-refractivity contribution in [1.82, 2.24) is 4.98 Å². The van der Waals surface area contributed by atoms with Gasteiger partial charge in [-0.15, -0.1) is 22.7 Å². The van der Waals surface area contributed by atoms with E-state index in [0.717, 1.165) is 0 Å². The number of thiophene rings is 1. The number of aliphatic hydroxyl groups excluding tert-OH is 1. The van der Waals surface area contributed by atoms with Crippen molar-refractivity contribution in [2.24, 2.45) is 0 Å². The van der Waals surface area contributed by atoms with Crippen molar-refractivity contribution in [1.29, 1.82) is 0 Å². The molecule has 28 heavy (non-hydrogen) atoms. The fraction of sp³-hybridized carbons (Fsp3) is 0.150. The molecule has 8 heteroatoms. The Bertz CT molecular complexity index is 1020. The Balaban J connectivity index is 1.82. The predicted octanol–water partition coefficient (Wildman–Crippen LogP) is 4.39. The molecule has 1 aliphatic rings. The van der Waals surface area contributed by atoms with Gasteiger partial charge in [-0.05, 0) is 36.1 Å². The number of amides is 1. The maximum absolute atomic E-state index is 13.1. The largest absolute Gasteiger partial charge is 0.503 e. The number of carbonyl (C=O) groups is 2. The van der Waals surface area contributed by atoms with E-state index >= 15 is 0 Å². The Labute approximate surface area is 169 Å². The molecule has 0 saturated carbocycles. The smallest absolute Gasteiger partial charge is 0.296 e. The average Bonchev–Trinajstić information content (AvgIpc) is 3.45. The predicted molar refractivity (Wildman–Crippen MR) is 108 cm³/mol. The number of aliphatic hydroxyl groups is 1. The lowest BCUT2D eigenvalue weighted by atomic mass is 9.95. The van der Waals surface area contributed by atoms with Crippen LogP contribution in [-0.4, -0.2) is 28.4 Å². The van der Waals surface area contributed by atoms with Crippen LogP contribution in [-0.2, 0) is 4.79 Å². The zero-order valence-corrected chi connectivity index (χ0v) is 16.5. The van der Waals surface area contributed by atoms with Gasteiger partial charge in [0.25, 0.3) is 5.91 Å². The summed E-state index contributed by atoms with van der Waals surface area (Å²) in [4.78, 5) is 32.0. The number of carbonyl (C=O) groups excluding carboxylic acids is 2. The van der Waals surface area contributed by atoms with Crippen LogP contribution in [0.2, 0.25) is 0 Å². The molecule has 142 valence electrons. The summed E-state index contributed by atoms with van der Waals surface area (Å²) in [6.45, 7) is 2.43. The van der Waals surface area contributed by atoms with Gasteiger partial charge in [0, 0.05) is 11.6 Å². The lowest BCUT2D eigenvalue weighted by Gasteiger charge is -2.24. The number of hydrogen-bond donors (Lipinski definition) is 1. The van der Waals surface area contributed by atoms with Gasteiger partial charge in [0.2, 0.25) is 5.78 Å². The summed E-state index contributed by atoms with van der Waals surface area (Å²) in [5, 5.41) is 14.5. The average molecular weight is 412 g/mol. The number of aromatic nitrogens is 1. The first-order chi connectivity index (χ1) is 13.6. The van der Waals surface area contributed by atoms with E-state index in [2.05, 4.69) is 4.98 Å². The molecular formula is C20H16N2O4S2. The van der Waals surface area contributed by atoms with Crippen LogP contribution in [0.4, 0.5) is 5.13 Å². The number of thiazole rings is 1. The quantitative estimate of drug-likeness (QED) is 0.608. The summed E-state index contributed by atoms with van der Waals surface area (Å²) in [6, 6.07) is 9.84. The van der Waals surface area contributed by atoms with Crippen molar-refractivity contribution in [3.05, 3.63) is 75.1 Å². The maximum Gasteiger partial charge on any atom is 0.296 e. The lowest BCUT2D eigenvalue weighted by Crippen LogP contribution is -2.30. The fourth-order valence-corrected chi connectivity index (χ4v) is 4.48. The van der Waals surface area contributed by atoms with Gasteiger partial charge in [-0.2, -0.15) is 0 Å². The van der Waals surface area contributed by atoms with Gasteiger partial charge in [-0.1, -0.05) is 18.2 Å². The van der Waals surface area contributed by atoms with Crippen molar-refractivity contribution in [3.8, 4) is 5.75 Å². The van der Waals surface area contributed by atoms with E-state index in [4.69, 9.17) is 4.74 Å². The molecule has 1 aromatic carbocycles. The van der Waals surface area contributed by atoms with Crippen LogP contribution in [0.15, 0.2) is 64.7 Å². The molecule has 0 fully saturated rings. The Hall–Kier alpha value is -2.97. The topological polar surface area (TPSA) is 79.7 Å². The molecule has 0 aliphatic carbocycles. The highest BCUT2D eigenvalue weighted by Gasteiger charge is 2.45. The van der Waals surface area contributed by atoms with Gasteiger partial charge in [-0.25, -0.2) is 4.98 Å². The molecule has 0 radical (unpaired) electrons. The van der Waals surface area contributed by atoms with Crippen LogP contribution in [0.3, 0.4) is 0 Å². The van der Waals surface area contributed by atoms with E-state index < -0.39 is 17.7 Å². The van der Waals surface area contributed by atoms with Crippen molar-refractivity contribution < 1.29 is 19.4 Å². The second kappa shape index (κ2) is 7.57. The normalized spacial score (nSPS) is 16.7. The van der Waals surface area contributed by atoms with Crippen molar-refractivity contribution in [2.45, 2.75) is 13.0 Å². The molecule has 1 N–H and O–H groups in total. The minimum atomic E-state index is -0.760. The summed E-state index contributed by atoms with van der Waals surface area (Å²) in [6.07, 6.45) is 1.58. The molecular weight excluding hydrogens is 396 g/mol. The van der Waals surface area contributed by atoms with Crippen LogP contribution in [0.5, 0.6) is 5.75 Å². The molecule has 4 rings (SSSR count). The highest BCUT2D eigenvalue weighted by molar-refractivity contribution is 7.14. The van der Waals surface area contributed by atoms with Crippen molar-refractivity contribution in [2.75, 3.05) is 11.5 Å². The Morgan fingerprint density at radius 2 is 2.00 bits per heavy atom. The van der Waals surface area contributed by atoms with Crippen LogP contribution in [0, 0.1) is 0 Å². The molecule has 0 bridgehead atoms. The zero-order valence-electron chi connectivity index (χ0n) is 14.9. The number of hydrogen-bond acceptors (Lipinski definition) is 7. The lowest BCUT2D eigenvalue weighted by molar-refractivity contribution is -0.117. The standard InChI is InChI=1S/C20H16N2O4S2/c1-2-26-13-7-5-12(6-8-13)16-15(17(23)14-4-3-10-27-14)18(24)19(25)22(16)20-21-9-11-28-20/h3-11,16,24H,2H2,1H3/t16-/m0/s1. The van der Waals surface area contributed by atoms with E-state index in [-0.39, 0.29) is 11.4 Å². The summed E-state index contributed by atoms with van der Waals surface area (Å²) < 4.78 is 5.48. The molecule has 3 aromatic rings. The minimum Gasteiger partial charge on any atom is -0.503 e. The third-order valence-electron chi connectivity index (χ3n) is 4.33. The fourth-order valence-electron chi connectivity index (χ4n) is 3.14. The van der Waals surface area contributed by atoms with Gasteiger partial charge in [0.1, 0.15) is 5.75 Å². The first-order valence-electron chi connectivity index (χ1n) is 8.59. The molecule has 1 aliphatic heterocycles. The molecule has 3 heterocycles. The van der Waals surface area contributed by atoms with Crippen LogP contribution in [0.25, 0.3) is 0 Å². The summed E-state index contributed by atoms with van der Waals surface area (Å²) in [5.74, 6) is -0.837. The van der Waals surface area contributed by atoms with E-state index in [9.17, 15) is 14.7 Å². The molecule has 6 nitrogen and oxygen atoms in total. The maximum atomic E-state index is 13.1. The van der Waals surface area contributed by atoms with Gasteiger partial charge in [0.15, 0.2) is 10.9 Å². The molecule has 1 amide bonds. The van der Waals surface area contributed by atoms with Crippen molar-refractivity contribution in [3.63, 3.8) is 0 Å². The Morgan fingerprint density at radius 3 is 2.61 bits per heavy atom. The number of nitrogens with zero attached hydrogens (tertiary/aromatic N) is 2. The van der Waals surface area contributed by atoms with Crippen LogP contribution < -0.4 is 9.64 Å². The number of rotatable bonds is 6. The monoisotopic (exact) mass is 412 g/mol. The highest BCUT2D eigenvalue weighted by Crippen LogP contribution is 2.43. The number of Topliss-reactive ketones (excluding diaryl/α,β-unsaturated/α-hetero) is 1. The minimum absolute atomic E-state index is 0.0619. The first-order valence-corrected chi connectivity index (χ1v) is 10.3. The third kappa shape index (κ3) is 3.10. The number of ether oxygens (including phenoxy) is 1. The summed E-state index contributed by atoms with van der Waals surface area (Å²) in [5.41, 5.74) is 0.753. The second-order valence-electron chi connectivity index (χ2n) is 5.96. The zero-order chi connectivity index (χ0) is 19.7. The molecule has 0 spiro atoms. The summed E-state index contributed by atoms with van der Waals surface area (Å²) in [7, 11) is 0. The molecule has 0 unspecified atom stereocenters. The van der Waals surface area contributed by atoms with E-state index in [1.807, 2.05) is 6.92 Å². The Kier molecular flexibility index (Phi) is 4.97. The second-order valence-corrected chi connectivity index (χ2v) is 7.78. The van der Waals surface area contributed by atoms with E-state index in [1.54, 1.807) is 53.4 Å². The van der Waals surface area contributed by atoms with Crippen LogP contribution >= 0.6 is 22.7 Å². The first kappa shape index (κ1) is 18.4. The van der Waals surface area contributed by atoms with Gasteiger partial charge in [-0.3, -0.25) is 14.5 Å². The number of ketones is 1. The van der Waals surface area contributed by atoms with Gasteiger partial charge < -0.3 is 9.84 Å². The Morgan fingerprint density at radius 1 is 1.21 bits per heavy atom. The SMILES string of the molecule is CCOc1ccc([C@H]2C(C(=O)c3cccs3)=C(O)C(=O)N2c2nccs2)cc1. The van der Waals surface area contributed by atoms with Crippen LogP contribution in [0.1, 0.15) is 28.2 Å². The molecule has 1 atom stereocenters. The number of anilines is 1. The van der Waals surface area contributed by atoms with E-state index in [0.29, 0.717) is 27.9 Å². The molecule has 0 saturated heterocycles.